The molecule has 6 nitrogen and oxygen atoms in total. The second-order valence-corrected chi connectivity index (χ2v) is 6.72. The molecule has 0 aromatic heterocycles. The molecule has 0 spiro atoms. The van der Waals surface area contributed by atoms with Gasteiger partial charge in [-0.3, -0.25) is 14.5 Å². The number of ether oxygens (including phenoxy) is 1. The van der Waals surface area contributed by atoms with E-state index in [2.05, 4.69) is 13.8 Å². The maximum absolute atomic E-state index is 12.3. The summed E-state index contributed by atoms with van der Waals surface area (Å²) in [6.45, 7) is 7.22. The van der Waals surface area contributed by atoms with Crippen molar-refractivity contribution < 1.29 is 14.3 Å². The molecule has 0 radical (unpaired) electrons. The molecule has 1 amide bonds. The van der Waals surface area contributed by atoms with Crippen LogP contribution in [-0.4, -0.2) is 68.6 Å². The summed E-state index contributed by atoms with van der Waals surface area (Å²) >= 11 is 0. The van der Waals surface area contributed by atoms with Gasteiger partial charge in [-0.15, -0.1) is 0 Å². The van der Waals surface area contributed by atoms with E-state index >= 15 is 0 Å². The van der Waals surface area contributed by atoms with Crippen molar-refractivity contribution >= 4 is 11.9 Å². The van der Waals surface area contributed by atoms with Crippen molar-refractivity contribution in [3.63, 3.8) is 0 Å². The molecule has 0 atom stereocenters. The summed E-state index contributed by atoms with van der Waals surface area (Å²) in [5, 5.41) is 0. The predicted molar refractivity (Wildman–Crippen MR) is 81.7 cm³/mol. The quantitative estimate of drug-likeness (QED) is 0.715. The molecule has 0 unspecified atom stereocenters. The lowest BCUT2D eigenvalue weighted by atomic mass is 9.93. The zero-order chi connectivity index (χ0) is 16.0. The lowest BCUT2D eigenvalue weighted by molar-refractivity contribution is -0.149. The van der Waals surface area contributed by atoms with Crippen molar-refractivity contribution in [2.24, 2.45) is 17.1 Å². The van der Waals surface area contributed by atoms with Gasteiger partial charge < -0.3 is 15.4 Å². The number of rotatable bonds is 6. The van der Waals surface area contributed by atoms with Gasteiger partial charge in [0.15, 0.2) is 0 Å². The number of piperidine rings is 1. The number of likely N-dealkylation sites (tertiary alicyclic amines) is 1. The van der Waals surface area contributed by atoms with Gasteiger partial charge >= 0.3 is 5.97 Å². The van der Waals surface area contributed by atoms with Crippen LogP contribution in [0.5, 0.6) is 0 Å². The molecule has 0 bridgehead atoms. The molecule has 0 aromatic rings. The van der Waals surface area contributed by atoms with Gasteiger partial charge in [0.2, 0.25) is 5.91 Å². The second-order valence-electron chi connectivity index (χ2n) is 6.72. The second kappa shape index (κ2) is 7.75. The minimum atomic E-state index is -0.163. The third kappa shape index (κ3) is 5.63. The minimum absolute atomic E-state index is 0.00685. The summed E-state index contributed by atoms with van der Waals surface area (Å²) < 4.78 is 4.75. The zero-order valence-corrected chi connectivity index (χ0v) is 13.7. The summed E-state index contributed by atoms with van der Waals surface area (Å²) in [5.41, 5.74) is 5.73. The smallest absolute Gasteiger partial charge is 0.308 e. The fraction of sp³-hybridized carbons (Fsp3) is 0.867. The Bertz CT molecular complexity index is 363. The van der Waals surface area contributed by atoms with Crippen LogP contribution in [-0.2, 0) is 14.3 Å². The Morgan fingerprint density at radius 3 is 2.38 bits per heavy atom. The van der Waals surface area contributed by atoms with Gasteiger partial charge in [0.25, 0.3) is 0 Å². The lowest BCUT2D eigenvalue weighted by Gasteiger charge is -2.33. The first-order chi connectivity index (χ1) is 9.79. The lowest BCUT2D eigenvalue weighted by Crippen LogP contribution is -2.46. The minimum Gasteiger partial charge on any atom is -0.469 e. The van der Waals surface area contributed by atoms with Crippen molar-refractivity contribution in [2.45, 2.75) is 26.7 Å². The molecule has 1 saturated heterocycles. The number of carbonyl (C=O) groups is 2. The van der Waals surface area contributed by atoms with E-state index in [9.17, 15) is 9.59 Å². The molecule has 1 heterocycles. The number of methoxy groups -OCH3 is 1. The average molecular weight is 299 g/mol. The van der Waals surface area contributed by atoms with Gasteiger partial charge in [-0.05, 0) is 31.8 Å². The van der Waals surface area contributed by atoms with Crippen LogP contribution in [0.3, 0.4) is 0 Å². The highest BCUT2D eigenvalue weighted by Gasteiger charge is 2.28. The van der Waals surface area contributed by atoms with Crippen LogP contribution >= 0.6 is 0 Å². The maximum Gasteiger partial charge on any atom is 0.308 e. The molecule has 1 aliphatic rings. The normalized spacial score (nSPS) is 17.1. The number of likely N-dealkylation sites (N-methyl/N-ethyl adjacent to an activating group) is 1. The maximum atomic E-state index is 12.3. The zero-order valence-electron chi connectivity index (χ0n) is 13.7. The van der Waals surface area contributed by atoms with Crippen LogP contribution in [0.2, 0.25) is 0 Å². The molecular weight excluding hydrogens is 270 g/mol. The Kier molecular flexibility index (Phi) is 6.61. The Morgan fingerprint density at radius 2 is 1.90 bits per heavy atom. The van der Waals surface area contributed by atoms with E-state index in [0.29, 0.717) is 39.0 Å². The topological polar surface area (TPSA) is 75.9 Å². The summed E-state index contributed by atoms with van der Waals surface area (Å²) in [6.07, 6.45) is 1.38. The standard InChI is InChI=1S/C15H29N3O3/c1-15(2,10-16)11-17(3)9-13(19)18-7-5-12(6-8-18)14(20)21-4/h12H,5-11,16H2,1-4H3. The van der Waals surface area contributed by atoms with Gasteiger partial charge in [-0.2, -0.15) is 0 Å². The molecule has 21 heavy (non-hydrogen) atoms. The number of nitrogens with zero attached hydrogens (tertiary/aromatic N) is 2. The van der Waals surface area contributed by atoms with Crippen LogP contribution < -0.4 is 5.73 Å². The van der Waals surface area contributed by atoms with Crippen LogP contribution in [0.15, 0.2) is 0 Å². The Balaban J connectivity index is 2.39. The van der Waals surface area contributed by atoms with E-state index in [1.807, 2.05) is 16.8 Å². The summed E-state index contributed by atoms with van der Waals surface area (Å²) in [6, 6.07) is 0. The van der Waals surface area contributed by atoms with E-state index in [-0.39, 0.29) is 23.2 Å². The summed E-state index contributed by atoms with van der Waals surface area (Å²) in [7, 11) is 3.35. The SMILES string of the molecule is COC(=O)C1CCN(C(=O)CN(C)CC(C)(C)CN)CC1. The van der Waals surface area contributed by atoms with Crippen LogP contribution in [0.4, 0.5) is 0 Å². The first-order valence-electron chi connectivity index (χ1n) is 7.53. The fourth-order valence-electron chi connectivity index (χ4n) is 2.71. The van der Waals surface area contributed by atoms with Crippen molar-refractivity contribution in [1.29, 1.82) is 0 Å². The van der Waals surface area contributed by atoms with E-state index < -0.39 is 0 Å². The summed E-state index contributed by atoms with van der Waals surface area (Å²) in [4.78, 5) is 27.6. The van der Waals surface area contributed by atoms with E-state index in [4.69, 9.17) is 10.5 Å². The van der Waals surface area contributed by atoms with Gasteiger partial charge in [-0.25, -0.2) is 0 Å². The van der Waals surface area contributed by atoms with E-state index in [1.165, 1.54) is 7.11 Å². The largest absolute Gasteiger partial charge is 0.469 e. The predicted octanol–water partition coefficient (Wildman–Crippen LogP) is 0.315. The van der Waals surface area contributed by atoms with Crippen molar-refractivity contribution in [3.8, 4) is 0 Å². The van der Waals surface area contributed by atoms with Gasteiger partial charge in [0.1, 0.15) is 0 Å². The third-order valence-electron chi connectivity index (χ3n) is 4.04. The number of nitrogens with two attached hydrogens (primary N) is 1. The van der Waals surface area contributed by atoms with Gasteiger partial charge in [-0.1, -0.05) is 13.8 Å². The molecular formula is C15H29N3O3. The molecule has 1 aliphatic heterocycles. The first-order valence-corrected chi connectivity index (χ1v) is 7.53. The first kappa shape index (κ1) is 17.9. The Morgan fingerprint density at radius 1 is 1.33 bits per heavy atom. The number of amides is 1. The third-order valence-corrected chi connectivity index (χ3v) is 4.04. The van der Waals surface area contributed by atoms with Gasteiger partial charge in [0, 0.05) is 19.6 Å². The molecule has 122 valence electrons. The van der Waals surface area contributed by atoms with E-state index in [1.54, 1.807) is 0 Å². The molecule has 2 N–H and O–H groups in total. The van der Waals surface area contributed by atoms with Crippen LogP contribution in [0, 0.1) is 11.3 Å². The van der Waals surface area contributed by atoms with Crippen molar-refractivity contribution in [2.75, 3.05) is 46.9 Å². The average Bonchev–Trinajstić information content (AvgIpc) is 2.45. The number of carbonyl (C=O) groups excluding carboxylic acids is 2. The Hall–Kier alpha value is -1.14. The molecule has 6 heteroatoms. The number of hydrogen-bond donors (Lipinski definition) is 1. The molecule has 0 aliphatic carbocycles. The van der Waals surface area contributed by atoms with E-state index in [0.717, 1.165) is 6.54 Å². The molecule has 1 fully saturated rings. The summed E-state index contributed by atoms with van der Waals surface area (Å²) in [5.74, 6) is -0.106. The van der Waals surface area contributed by atoms with Gasteiger partial charge in [0.05, 0.1) is 19.6 Å². The van der Waals surface area contributed by atoms with Crippen LogP contribution in [0.25, 0.3) is 0 Å². The van der Waals surface area contributed by atoms with Crippen molar-refractivity contribution in [1.82, 2.24) is 9.80 Å². The molecule has 0 saturated carbocycles. The fourth-order valence-corrected chi connectivity index (χ4v) is 2.71. The van der Waals surface area contributed by atoms with Crippen molar-refractivity contribution in [3.05, 3.63) is 0 Å². The number of hydrogen-bond acceptors (Lipinski definition) is 5. The molecule has 0 aromatic carbocycles. The monoisotopic (exact) mass is 299 g/mol. The Labute approximate surface area is 127 Å². The number of esters is 1. The van der Waals surface area contributed by atoms with Crippen LogP contribution in [0.1, 0.15) is 26.7 Å². The molecule has 1 rings (SSSR count). The highest BCUT2D eigenvalue weighted by atomic mass is 16.5. The highest BCUT2D eigenvalue weighted by molar-refractivity contribution is 5.79. The highest BCUT2D eigenvalue weighted by Crippen LogP contribution is 2.19.